The van der Waals surface area contributed by atoms with Crippen LogP contribution in [0.3, 0.4) is 0 Å². The third-order valence-electron chi connectivity index (χ3n) is 4.00. The van der Waals surface area contributed by atoms with Gasteiger partial charge in [0.05, 0.1) is 4.88 Å². The van der Waals surface area contributed by atoms with E-state index in [1.165, 1.54) is 9.78 Å². The van der Waals surface area contributed by atoms with E-state index in [-0.39, 0.29) is 24.0 Å². The van der Waals surface area contributed by atoms with Crippen LogP contribution in [0.15, 0.2) is 47.8 Å². The summed E-state index contributed by atoms with van der Waals surface area (Å²) < 4.78 is 0. The fraction of sp³-hybridized carbons (Fsp3) is 0.294. The molecule has 120 valence electrons. The molecule has 2 aromatic rings. The summed E-state index contributed by atoms with van der Waals surface area (Å²) in [5, 5.41) is 6.75. The quantitative estimate of drug-likeness (QED) is 0.869. The molecule has 23 heavy (non-hydrogen) atoms. The van der Waals surface area contributed by atoms with E-state index in [1.54, 1.807) is 11.3 Å². The van der Waals surface area contributed by atoms with Crippen molar-refractivity contribution in [3.8, 4) is 0 Å². The second kappa shape index (κ2) is 6.93. The Hall–Kier alpha value is -2.18. The molecule has 3 rings (SSSR count). The van der Waals surface area contributed by atoms with Crippen LogP contribution in [-0.4, -0.2) is 36.0 Å². The van der Waals surface area contributed by atoms with Crippen molar-refractivity contribution in [3.05, 3.63) is 58.3 Å². The lowest BCUT2D eigenvalue weighted by molar-refractivity contribution is -0.704. The highest BCUT2D eigenvalue weighted by atomic mass is 32.1. The molecular weight excluding hydrogens is 310 g/mol. The molecule has 1 fully saturated rings. The third kappa shape index (κ3) is 3.43. The molecule has 0 saturated carbocycles. The molecule has 1 saturated heterocycles. The average molecular weight is 330 g/mol. The summed E-state index contributed by atoms with van der Waals surface area (Å²) in [5.41, 5.74) is 1.15. The zero-order chi connectivity index (χ0) is 16.2. The van der Waals surface area contributed by atoms with Gasteiger partial charge < -0.3 is 10.6 Å². The molecule has 6 heteroatoms. The van der Waals surface area contributed by atoms with Crippen molar-refractivity contribution >= 4 is 23.3 Å². The highest BCUT2D eigenvalue weighted by Crippen LogP contribution is 2.22. The van der Waals surface area contributed by atoms with Gasteiger partial charge in [-0.15, -0.1) is 11.3 Å². The lowest BCUT2D eigenvalue weighted by Gasteiger charge is -2.21. The smallest absolute Gasteiger partial charge is 0.324 e. The van der Waals surface area contributed by atoms with E-state index < -0.39 is 0 Å². The van der Waals surface area contributed by atoms with Gasteiger partial charge in [0.1, 0.15) is 6.04 Å². The van der Waals surface area contributed by atoms with Crippen LogP contribution < -0.4 is 10.6 Å². The Bertz CT molecular complexity index is 672. The van der Waals surface area contributed by atoms with E-state index >= 15 is 0 Å². The molecule has 0 radical (unpaired) electrons. The topological polar surface area (TPSA) is 66.0 Å². The highest BCUT2D eigenvalue weighted by Gasteiger charge is 2.33. The molecule has 3 N–H and O–H groups in total. The van der Waals surface area contributed by atoms with Crippen molar-refractivity contribution in [3.63, 3.8) is 0 Å². The van der Waals surface area contributed by atoms with Crippen LogP contribution in [-0.2, 0) is 4.79 Å². The number of nitrogens with one attached hydrogen (secondary N) is 1. The van der Waals surface area contributed by atoms with Crippen LogP contribution in [0.2, 0.25) is 0 Å². The first kappa shape index (κ1) is 15.7. The summed E-state index contributed by atoms with van der Waals surface area (Å²) in [6.07, 6.45) is 0. The number of nitrogens with zero attached hydrogens (tertiary/aromatic N) is 1. The van der Waals surface area contributed by atoms with Crippen LogP contribution in [0.25, 0.3) is 0 Å². The van der Waals surface area contributed by atoms with Crippen molar-refractivity contribution in [2.24, 2.45) is 0 Å². The summed E-state index contributed by atoms with van der Waals surface area (Å²) in [4.78, 5) is 26.7. The van der Waals surface area contributed by atoms with E-state index in [2.05, 4.69) is 23.5 Å². The minimum absolute atomic E-state index is 0.0563. The molecule has 0 spiro atoms. The number of hydrogen-bond donors (Lipinski definition) is 2. The number of benzene rings is 1. The summed E-state index contributed by atoms with van der Waals surface area (Å²) >= 11 is 1.68. The molecular formula is C17H20N3O2S+. The van der Waals surface area contributed by atoms with Gasteiger partial charge in [0.2, 0.25) is 0 Å². The molecule has 2 atom stereocenters. The molecule has 0 unspecified atom stereocenters. The molecule has 1 aromatic carbocycles. The highest BCUT2D eigenvalue weighted by molar-refractivity contribution is 7.10. The van der Waals surface area contributed by atoms with Crippen molar-refractivity contribution in [2.75, 3.05) is 13.1 Å². The van der Waals surface area contributed by atoms with Crippen molar-refractivity contribution in [2.45, 2.75) is 19.0 Å². The van der Waals surface area contributed by atoms with Gasteiger partial charge in [0, 0.05) is 18.7 Å². The number of quaternary nitrogens is 1. The number of imide groups is 1. The van der Waals surface area contributed by atoms with Gasteiger partial charge in [-0.2, -0.15) is 0 Å². The predicted molar refractivity (Wildman–Crippen MR) is 89.1 cm³/mol. The summed E-state index contributed by atoms with van der Waals surface area (Å²) in [5.74, 6) is -0.141. The molecule has 2 heterocycles. The van der Waals surface area contributed by atoms with Crippen molar-refractivity contribution < 1.29 is 14.9 Å². The molecule has 5 nitrogen and oxygen atoms in total. The molecule has 1 aromatic heterocycles. The predicted octanol–water partition coefficient (Wildman–Crippen LogP) is 1.34. The van der Waals surface area contributed by atoms with Crippen LogP contribution in [0.4, 0.5) is 4.79 Å². The molecule has 1 aliphatic heterocycles. The Morgan fingerprint density at radius 1 is 1.26 bits per heavy atom. The largest absolute Gasteiger partial charge is 0.336 e. The maximum atomic E-state index is 12.5. The fourth-order valence-corrected chi connectivity index (χ4v) is 3.63. The standard InChI is InChI=1S/C17H19N3O2S/c1-12(16(21)20-10-9-18-17(20)22)19-15(14-8-5-11-23-14)13-6-3-2-4-7-13/h2-8,11-12,15,19H,9-10H2,1H3,(H,18,22)/p+1/t12-,15+/m1/s1. The second-order valence-electron chi connectivity index (χ2n) is 5.61. The van der Waals surface area contributed by atoms with Gasteiger partial charge in [-0.3, -0.25) is 9.69 Å². The summed E-state index contributed by atoms with van der Waals surface area (Å²) in [7, 11) is 0. The van der Waals surface area contributed by atoms with Crippen LogP contribution in [0.1, 0.15) is 23.4 Å². The first-order valence-electron chi connectivity index (χ1n) is 7.69. The summed E-state index contributed by atoms with van der Waals surface area (Å²) in [6, 6.07) is 13.7. The first-order chi connectivity index (χ1) is 11.2. The van der Waals surface area contributed by atoms with E-state index in [4.69, 9.17) is 0 Å². The Labute approximate surface area is 139 Å². The molecule has 3 amide bonds. The summed E-state index contributed by atoms with van der Waals surface area (Å²) in [6.45, 7) is 2.84. The fourth-order valence-electron chi connectivity index (χ4n) is 2.80. The number of carbonyl (C=O) groups excluding carboxylic acids is 2. The van der Waals surface area contributed by atoms with Gasteiger partial charge >= 0.3 is 6.03 Å². The van der Waals surface area contributed by atoms with Gasteiger partial charge in [-0.1, -0.05) is 36.4 Å². The van der Waals surface area contributed by atoms with Crippen molar-refractivity contribution in [1.82, 2.24) is 10.2 Å². The Morgan fingerprint density at radius 3 is 2.65 bits per heavy atom. The zero-order valence-corrected chi connectivity index (χ0v) is 13.8. The number of amides is 3. The van der Waals surface area contributed by atoms with Gasteiger partial charge in [-0.25, -0.2) is 4.79 Å². The molecule has 1 aliphatic rings. The SMILES string of the molecule is C[C@@H]([NH2+][C@@H](c1ccccc1)c1cccs1)C(=O)N1CCNC1=O. The van der Waals surface area contributed by atoms with Gasteiger partial charge in [0.25, 0.3) is 5.91 Å². The normalized spacial score (nSPS) is 16.9. The zero-order valence-electron chi connectivity index (χ0n) is 12.9. The average Bonchev–Trinajstić information content (AvgIpc) is 3.24. The third-order valence-corrected chi connectivity index (χ3v) is 4.96. The Kier molecular flexibility index (Phi) is 4.73. The Morgan fingerprint density at radius 2 is 2.04 bits per heavy atom. The van der Waals surface area contributed by atoms with Gasteiger partial charge in [-0.05, 0) is 18.4 Å². The van der Waals surface area contributed by atoms with E-state index in [1.807, 2.05) is 41.9 Å². The minimum atomic E-state index is -0.328. The van der Waals surface area contributed by atoms with E-state index in [0.717, 1.165) is 5.56 Å². The monoisotopic (exact) mass is 330 g/mol. The maximum absolute atomic E-state index is 12.5. The van der Waals surface area contributed by atoms with Crippen LogP contribution in [0, 0.1) is 0 Å². The minimum Gasteiger partial charge on any atom is -0.336 e. The number of thiophene rings is 1. The van der Waals surface area contributed by atoms with E-state index in [9.17, 15) is 9.59 Å². The first-order valence-corrected chi connectivity index (χ1v) is 8.57. The Balaban J connectivity index is 1.79. The second-order valence-corrected chi connectivity index (χ2v) is 6.59. The lowest BCUT2D eigenvalue weighted by atomic mass is 10.0. The number of urea groups is 1. The maximum Gasteiger partial charge on any atom is 0.324 e. The van der Waals surface area contributed by atoms with E-state index in [0.29, 0.717) is 13.1 Å². The number of rotatable bonds is 5. The van der Waals surface area contributed by atoms with Crippen LogP contribution in [0.5, 0.6) is 0 Å². The van der Waals surface area contributed by atoms with Crippen molar-refractivity contribution in [1.29, 1.82) is 0 Å². The van der Waals surface area contributed by atoms with Gasteiger partial charge in [0.15, 0.2) is 6.04 Å². The number of nitrogens with two attached hydrogens (primary N) is 1. The number of carbonyl (C=O) groups is 2. The van der Waals surface area contributed by atoms with Crippen LogP contribution >= 0.6 is 11.3 Å². The molecule has 0 bridgehead atoms. The number of hydrogen-bond acceptors (Lipinski definition) is 3. The lowest BCUT2D eigenvalue weighted by Crippen LogP contribution is -2.92. The molecule has 0 aliphatic carbocycles.